The second kappa shape index (κ2) is 8.73. The van der Waals surface area contributed by atoms with Crippen molar-refractivity contribution >= 4 is 17.1 Å². The van der Waals surface area contributed by atoms with E-state index < -0.39 is 11.8 Å². The third-order valence-electron chi connectivity index (χ3n) is 5.41. The first-order valence-electron chi connectivity index (χ1n) is 10.5. The molecule has 0 heterocycles. The van der Waals surface area contributed by atoms with Crippen molar-refractivity contribution in [2.24, 2.45) is 5.41 Å². The molecular weight excluding hydrogens is 367 g/mol. The van der Waals surface area contributed by atoms with Crippen molar-refractivity contribution in [3.8, 4) is 5.75 Å². The Labute approximate surface area is 175 Å². The smallest absolute Gasteiger partial charge is 0.367 e. The molecule has 0 aromatic heterocycles. The summed E-state index contributed by atoms with van der Waals surface area (Å²) in [5, 5.41) is 0. The second-order valence-corrected chi connectivity index (χ2v) is 9.36. The van der Waals surface area contributed by atoms with E-state index in [9.17, 15) is 9.18 Å². The van der Waals surface area contributed by atoms with Crippen molar-refractivity contribution < 1.29 is 18.7 Å². The summed E-state index contributed by atoms with van der Waals surface area (Å²) in [5.41, 5.74) is 4.28. The van der Waals surface area contributed by atoms with Crippen LogP contribution in [0.3, 0.4) is 0 Å². The van der Waals surface area contributed by atoms with Crippen LogP contribution in [-0.2, 0) is 14.9 Å². The zero-order valence-electron chi connectivity index (χ0n) is 19.2. The lowest BCUT2D eigenvalue weighted by atomic mass is 9.67. The molecule has 0 fully saturated rings. The molecule has 0 N–H and O–H groups in total. The molecule has 0 saturated heterocycles. The fourth-order valence-electron chi connectivity index (χ4n) is 3.74. The van der Waals surface area contributed by atoms with Gasteiger partial charge in [-0.3, -0.25) is 0 Å². The van der Waals surface area contributed by atoms with Crippen LogP contribution in [0.2, 0.25) is 0 Å². The molecule has 29 heavy (non-hydrogen) atoms. The summed E-state index contributed by atoms with van der Waals surface area (Å²) in [6.45, 7) is 17.0. The Morgan fingerprint density at radius 2 is 1.86 bits per heavy atom. The van der Waals surface area contributed by atoms with Gasteiger partial charge >= 0.3 is 5.97 Å². The van der Waals surface area contributed by atoms with Crippen LogP contribution in [0.15, 0.2) is 24.0 Å². The molecule has 1 aromatic carbocycles. The van der Waals surface area contributed by atoms with Crippen molar-refractivity contribution in [1.82, 2.24) is 0 Å². The molecule has 0 spiro atoms. The molecule has 2 rings (SSSR count). The Morgan fingerprint density at radius 1 is 1.21 bits per heavy atom. The van der Waals surface area contributed by atoms with E-state index in [4.69, 9.17) is 9.47 Å². The summed E-state index contributed by atoms with van der Waals surface area (Å²) in [4.78, 5) is 12.0. The Bertz CT molecular complexity index is 838. The molecular formula is C25H35FO3. The highest BCUT2D eigenvalue weighted by Gasteiger charge is 2.34. The number of carbonyl (C=O) groups is 1. The van der Waals surface area contributed by atoms with E-state index in [1.54, 1.807) is 13.8 Å². The minimum atomic E-state index is -0.934. The number of benzene rings is 1. The van der Waals surface area contributed by atoms with Crippen LogP contribution >= 0.6 is 0 Å². The maximum Gasteiger partial charge on any atom is 0.367 e. The number of esters is 1. The highest BCUT2D eigenvalue weighted by atomic mass is 19.1. The van der Waals surface area contributed by atoms with Crippen LogP contribution in [0.5, 0.6) is 5.75 Å². The van der Waals surface area contributed by atoms with E-state index in [0.29, 0.717) is 17.9 Å². The van der Waals surface area contributed by atoms with E-state index >= 15 is 0 Å². The van der Waals surface area contributed by atoms with Crippen molar-refractivity contribution in [3.63, 3.8) is 0 Å². The lowest BCUT2D eigenvalue weighted by Gasteiger charge is -2.37. The molecule has 0 aliphatic heterocycles. The third-order valence-corrected chi connectivity index (χ3v) is 5.41. The van der Waals surface area contributed by atoms with E-state index in [1.165, 1.54) is 11.1 Å². The third kappa shape index (κ3) is 4.91. The van der Waals surface area contributed by atoms with Crippen LogP contribution in [0.4, 0.5) is 4.39 Å². The summed E-state index contributed by atoms with van der Waals surface area (Å²) in [7, 11) is 0. The fraction of sp³-hybridized carbons (Fsp3) is 0.560. The van der Waals surface area contributed by atoms with Crippen LogP contribution in [-0.4, -0.2) is 19.2 Å². The number of rotatable bonds is 6. The summed E-state index contributed by atoms with van der Waals surface area (Å²) < 4.78 is 25.7. The molecule has 0 radical (unpaired) electrons. The number of halogens is 1. The maximum absolute atomic E-state index is 14.8. The number of carbonyl (C=O) groups excluding carboxylic acids is 1. The molecule has 0 bridgehead atoms. The summed E-state index contributed by atoms with van der Waals surface area (Å²) in [5.74, 6) is -1.19. The van der Waals surface area contributed by atoms with Crippen molar-refractivity contribution in [2.75, 3.05) is 13.2 Å². The van der Waals surface area contributed by atoms with Crippen molar-refractivity contribution in [2.45, 2.75) is 73.6 Å². The predicted molar refractivity (Wildman–Crippen MR) is 118 cm³/mol. The van der Waals surface area contributed by atoms with Gasteiger partial charge in [-0.1, -0.05) is 47.6 Å². The van der Waals surface area contributed by atoms with E-state index in [2.05, 4.69) is 40.7 Å². The van der Waals surface area contributed by atoms with Gasteiger partial charge in [0.15, 0.2) is 0 Å². The van der Waals surface area contributed by atoms with Crippen LogP contribution in [0.25, 0.3) is 11.1 Å². The van der Waals surface area contributed by atoms with Crippen molar-refractivity contribution in [3.05, 3.63) is 40.7 Å². The molecule has 4 heteroatoms. The lowest BCUT2D eigenvalue weighted by molar-refractivity contribution is -0.140. The monoisotopic (exact) mass is 402 g/mol. The van der Waals surface area contributed by atoms with Gasteiger partial charge in [0.05, 0.1) is 13.2 Å². The number of hydrogen-bond donors (Lipinski definition) is 0. The van der Waals surface area contributed by atoms with E-state index in [0.717, 1.165) is 18.4 Å². The lowest BCUT2D eigenvalue weighted by Crippen LogP contribution is -2.25. The highest BCUT2D eigenvalue weighted by Crippen LogP contribution is 2.48. The van der Waals surface area contributed by atoms with E-state index in [-0.39, 0.29) is 23.0 Å². The molecule has 3 nitrogen and oxygen atoms in total. The molecule has 0 atom stereocenters. The minimum Gasteiger partial charge on any atom is -0.493 e. The zero-order valence-corrected chi connectivity index (χ0v) is 19.2. The number of fused-ring (bicyclic) bond motifs is 1. The van der Waals surface area contributed by atoms with Crippen LogP contribution in [0.1, 0.15) is 84.9 Å². The van der Waals surface area contributed by atoms with Gasteiger partial charge in [-0.2, -0.15) is 4.39 Å². The van der Waals surface area contributed by atoms with Gasteiger partial charge in [-0.15, -0.1) is 0 Å². The minimum absolute atomic E-state index is 0.0500. The van der Waals surface area contributed by atoms with Gasteiger partial charge in [0.1, 0.15) is 5.75 Å². The molecule has 1 aromatic rings. The average molecular weight is 403 g/mol. The molecule has 1 aliphatic rings. The Morgan fingerprint density at radius 3 is 2.41 bits per heavy atom. The molecule has 1 aliphatic carbocycles. The Kier molecular flexibility index (Phi) is 6.97. The van der Waals surface area contributed by atoms with Crippen molar-refractivity contribution in [1.29, 1.82) is 0 Å². The van der Waals surface area contributed by atoms with Gasteiger partial charge < -0.3 is 9.47 Å². The molecule has 0 amide bonds. The Balaban J connectivity index is 2.76. The quantitative estimate of drug-likeness (QED) is 0.385. The number of hydrogen-bond acceptors (Lipinski definition) is 3. The normalized spacial score (nSPS) is 16.5. The largest absolute Gasteiger partial charge is 0.493 e. The molecule has 0 unspecified atom stereocenters. The van der Waals surface area contributed by atoms with Gasteiger partial charge in [0, 0.05) is 11.1 Å². The first-order valence-corrected chi connectivity index (χ1v) is 10.5. The van der Waals surface area contributed by atoms with Gasteiger partial charge in [0.2, 0.25) is 5.83 Å². The summed E-state index contributed by atoms with van der Waals surface area (Å²) in [6, 6.07) is 4.04. The summed E-state index contributed by atoms with van der Waals surface area (Å²) in [6.07, 6.45) is 4.07. The summed E-state index contributed by atoms with van der Waals surface area (Å²) >= 11 is 0. The van der Waals surface area contributed by atoms with Crippen LogP contribution < -0.4 is 4.74 Å². The SMILES string of the molecule is CCCOc1cc2c(cc1/C(C)=C(\F)C(=O)OCC)C(C(C)(C)C)=CCC2(C)C. The predicted octanol–water partition coefficient (Wildman–Crippen LogP) is 6.85. The fourth-order valence-corrected chi connectivity index (χ4v) is 3.74. The second-order valence-electron chi connectivity index (χ2n) is 9.36. The maximum atomic E-state index is 14.8. The molecule has 160 valence electrons. The van der Waals surface area contributed by atoms with Gasteiger partial charge in [-0.25, -0.2) is 4.79 Å². The van der Waals surface area contributed by atoms with Crippen LogP contribution in [0, 0.1) is 5.41 Å². The zero-order chi connectivity index (χ0) is 22.0. The first kappa shape index (κ1) is 23.2. The topological polar surface area (TPSA) is 35.5 Å². The Hall–Kier alpha value is -2.10. The number of ether oxygens (including phenoxy) is 2. The average Bonchev–Trinajstić information content (AvgIpc) is 2.63. The van der Waals surface area contributed by atoms with Gasteiger partial charge in [0.25, 0.3) is 0 Å². The van der Waals surface area contributed by atoms with Gasteiger partial charge in [-0.05, 0) is 66.4 Å². The standard InChI is InChI=1S/C25H35FO3/c1-9-13-29-21-15-20-18(19(24(4,5)6)11-12-25(20,7)8)14-17(21)16(3)22(26)23(27)28-10-2/h11,14-15H,9-10,12-13H2,1-8H3/b22-16-. The molecule has 0 saturated carbocycles. The van der Waals surface area contributed by atoms with E-state index in [1.807, 2.05) is 19.1 Å². The number of allylic oxidation sites excluding steroid dienone is 3. The first-order chi connectivity index (χ1) is 13.4. The highest BCUT2D eigenvalue weighted by molar-refractivity contribution is 5.96.